The van der Waals surface area contributed by atoms with Gasteiger partial charge >= 0.3 is 0 Å². The Morgan fingerprint density at radius 3 is 2.64 bits per heavy atom. The molecule has 3 N–H and O–H groups in total. The van der Waals surface area contributed by atoms with Crippen molar-refractivity contribution in [1.82, 2.24) is 0 Å². The van der Waals surface area contributed by atoms with Gasteiger partial charge in [-0.25, -0.2) is 0 Å². The van der Waals surface area contributed by atoms with Gasteiger partial charge in [0.2, 0.25) is 12.2 Å². The summed E-state index contributed by atoms with van der Waals surface area (Å²) in [6, 6.07) is 9.69. The third kappa shape index (κ3) is 1.35. The molecular formula is C17H14N2O3. The van der Waals surface area contributed by atoms with Gasteiger partial charge < -0.3 is 20.0 Å². The molecule has 110 valence electrons. The first-order chi connectivity index (χ1) is 10.5. The molecule has 0 amide bonds. The maximum Gasteiger partial charge on any atom is 0.209 e. The maximum atomic E-state index is 10.3. The minimum Gasteiger partial charge on any atom is -0.463 e. The van der Waals surface area contributed by atoms with Crippen LogP contribution < -0.4 is 10.5 Å². The summed E-state index contributed by atoms with van der Waals surface area (Å²) in [5.74, 6) is 0.686. The zero-order valence-electron chi connectivity index (χ0n) is 12.2. The highest BCUT2D eigenvalue weighted by molar-refractivity contribution is 6.13. The van der Waals surface area contributed by atoms with Gasteiger partial charge in [0.1, 0.15) is 23.0 Å². The molecule has 22 heavy (non-hydrogen) atoms. The maximum absolute atomic E-state index is 10.3. The molecular weight excluding hydrogens is 280 g/mol. The molecule has 2 heterocycles. The van der Waals surface area contributed by atoms with Crippen LogP contribution in [0, 0.1) is 11.3 Å². The van der Waals surface area contributed by atoms with Crippen molar-refractivity contribution in [2.45, 2.75) is 25.6 Å². The highest BCUT2D eigenvalue weighted by atomic mass is 16.6. The zero-order valence-corrected chi connectivity index (χ0v) is 12.2. The summed E-state index contributed by atoms with van der Waals surface area (Å²) in [6.45, 7) is 3.75. The number of ether oxygens (including phenoxy) is 1. The van der Waals surface area contributed by atoms with E-state index < -0.39 is 11.7 Å². The minimum atomic E-state index is -0.987. The largest absolute Gasteiger partial charge is 0.463 e. The number of aliphatic hydroxyl groups is 1. The first kappa shape index (κ1) is 13.0. The van der Waals surface area contributed by atoms with Crippen LogP contribution in [-0.4, -0.2) is 11.4 Å². The molecule has 0 bridgehead atoms. The molecule has 0 radical (unpaired) electrons. The van der Waals surface area contributed by atoms with E-state index in [9.17, 15) is 10.4 Å². The summed E-state index contributed by atoms with van der Waals surface area (Å²) in [5.41, 5.74) is 6.84. The van der Waals surface area contributed by atoms with Crippen LogP contribution >= 0.6 is 0 Å². The fourth-order valence-electron chi connectivity index (χ4n) is 3.23. The molecule has 5 nitrogen and oxygen atoms in total. The molecule has 4 rings (SSSR count). The van der Waals surface area contributed by atoms with Gasteiger partial charge in [-0.05, 0) is 13.8 Å². The van der Waals surface area contributed by atoms with Crippen LogP contribution in [0.15, 0.2) is 28.7 Å². The van der Waals surface area contributed by atoms with Crippen LogP contribution in [0.5, 0.6) is 5.75 Å². The molecule has 1 aliphatic rings. The molecule has 5 heteroatoms. The molecule has 1 aromatic heterocycles. The van der Waals surface area contributed by atoms with Crippen LogP contribution in [0.3, 0.4) is 0 Å². The molecule has 2 aromatic carbocycles. The number of rotatable bonds is 0. The van der Waals surface area contributed by atoms with Crippen molar-refractivity contribution in [3.05, 3.63) is 35.4 Å². The number of nitrogen functional groups attached to an aromatic ring is 1. The van der Waals surface area contributed by atoms with Gasteiger partial charge in [0.15, 0.2) is 0 Å². The lowest BCUT2D eigenvalue weighted by Gasteiger charge is -2.21. The van der Waals surface area contributed by atoms with Crippen molar-refractivity contribution in [3.63, 3.8) is 0 Å². The Bertz CT molecular complexity index is 979. The van der Waals surface area contributed by atoms with Crippen LogP contribution in [0.4, 0.5) is 5.88 Å². The zero-order chi connectivity index (χ0) is 15.6. The van der Waals surface area contributed by atoms with Crippen LogP contribution in [0.25, 0.3) is 21.7 Å². The summed E-state index contributed by atoms with van der Waals surface area (Å²) in [5, 5.41) is 22.0. The Kier molecular flexibility index (Phi) is 2.32. The van der Waals surface area contributed by atoms with Gasteiger partial charge in [0.05, 0.1) is 5.41 Å². The van der Waals surface area contributed by atoms with E-state index in [1.165, 1.54) is 0 Å². The third-order valence-electron chi connectivity index (χ3n) is 4.43. The number of nitrogens with zero attached hydrogens (tertiary/aromatic N) is 1. The van der Waals surface area contributed by atoms with E-state index >= 15 is 0 Å². The average molecular weight is 294 g/mol. The minimum absolute atomic E-state index is 0.0910. The van der Waals surface area contributed by atoms with Gasteiger partial charge in [-0.3, -0.25) is 0 Å². The van der Waals surface area contributed by atoms with Crippen LogP contribution in [0.1, 0.15) is 25.0 Å². The number of hydrogen-bond donors (Lipinski definition) is 2. The van der Waals surface area contributed by atoms with E-state index in [4.69, 9.17) is 14.9 Å². The number of benzene rings is 2. The molecule has 0 spiro atoms. The highest BCUT2D eigenvalue weighted by Crippen LogP contribution is 2.52. The molecule has 0 fully saturated rings. The van der Waals surface area contributed by atoms with Gasteiger partial charge in [-0.15, -0.1) is 0 Å². The quantitative estimate of drug-likeness (QED) is 0.665. The number of anilines is 1. The second kappa shape index (κ2) is 3.93. The average Bonchev–Trinajstić information content (AvgIpc) is 2.94. The van der Waals surface area contributed by atoms with E-state index in [0.717, 1.165) is 16.3 Å². The third-order valence-corrected chi connectivity index (χ3v) is 4.43. The Morgan fingerprint density at radius 2 is 1.95 bits per heavy atom. The normalized spacial score (nSPS) is 19.1. The topological polar surface area (TPSA) is 92.4 Å². The summed E-state index contributed by atoms with van der Waals surface area (Å²) in [4.78, 5) is 0. The van der Waals surface area contributed by atoms with Crippen molar-refractivity contribution in [3.8, 4) is 11.8 Å². The summed E-state index contributed by atoms with van der Waals surface area (Å²) >= 11 is 0. The summed E-state index contributed by atoms with van der Waals surface area (Å²) in [6.07, 6.45) is -0.987. The van der Waals surface area contributed by atoms with Crippen molar-refractivity contribution in [2.75, 3.05) is 5.73 Å². The lowest BCUT2D eigenvalue weighted by atomic mass is 9.81. The SMILES string of the molecule is CC1(C)c2c(c3ccccc3c3oc(N)c(C#N)c23)O[C@@H]1O. The molecule has 1 atom stereocenters. The second-order valence-corrected chi connectivity index (χ2v) is 6.10. The first-order valence-corrected chi connectivity index (χ1v) is 6.98. The van der Waals surface area contributed by atoms with Crippen LogP contribution in [0.2, 0.25) is 0 Å². The predicted molar refractivity (Wildman–Crippen MR) is 82.5 cm³/mol. The van der Waals surface area contributed by atoms with E-state index in [1.54, 1.807) is 0 Å². The van der Waals surface area contributed by atoms with E-state index in [0.29, 0.717) is 22.3 Å². The number of nitrogens with two attached hydrogens (primary N) is 1. The number of fused-ring (bicyclic) bond motifs is 6. The van der Waals surface area contributed by atoms with E-state index in [1.807, 2.05) is 38.1 Å². The molecule has 1 aliphatic heterocycles. The van der Waals surface area contributed by atoms with E-state index in [-0.39, 0.29) is 5.88 Å². The van der Waals surface area contributed by atoms with Gasteiger partial charge in [-0.2, -0.15) is 5.26 Å². The monoisotopic (exact) mass is 294 g/mol. The number of hydrogen-bond acceptors (Lipinski definition) is 5. The summed E-state index contributed by atoms with van der Waals surface area (Å²) in [7, 11) is 0. The van der Waals surface area contributed by atoms with Crippen LogP contribution in [-0.2, 0) is 5.41 Å². The molecule has 0 aliphatic carbocycles. The Balaban J connectivity index is 2.34. The van der Waals surface area contributed by atoms with Crippen molar-refractivity contribution >= 4 is 27.6 Å². The highest BCUT2D eigenvalue weighted by Gasteiger charge is 2.44. The Morgan fingerprint density at radius 1 is 1.27 bits per heavy atom. The lowest BCUT2D eigenvalue weighted by molar-refractivity contribution is -0.0442. The molecule has 0 saturated carbocycles. The lowest BCUT2D eigenvalue weighted by Crippen LogP contribution is -2.31. The van der Waals surface area contributed by atoms with Gasteiger partial charge in [0.25, 0.3) is 0 Å². The van der Waals surface area contributed by atoms with Crippen molar-refractivity contribution in [1.29, 1.82) is 5.26 Å². The first-order valence-electron chi connectivity index (χ1n) is 6.98. The number of furan rings is 1. The van der Waals surface area contributed by atoms with Gasteiger partial charge in [-0.1, -0.05) is 24.3 Å². The predicted octanol–water partition coefficient (Wildman–Crippen LogP) is 3.03. The van der Waals surface area contributed by atoms with Gasteiger partial charge in [0, 0.05) is 21.7 Å². The fraction of sp³-hybridized carbons (Fsp3) is 0.235. The molecule has 0 saturated heterocycles. The fourth-order valence-corrected chi connectivity index (χ4v) is 3.23. The molecule has 0 unspecified atom stereocenters. The Labute approximate surface area is 126 Å². The second-order valence-electron chi connectivity index (χ2n) is 6.10. The summed E-state index contributed by atoms with van der Waals surface area (Å²) < 4.78 is 11.4. The van der Waals surface area contributed by atoms with Crippen molar-refractivity contribution in [2.24, 2.45) is 0 Å². The Hall–Kier alpha value is -2.71. The number of aliphatic hydroxyl groups excluding tert-OH is 1. The van der Waals surface area contributed by atoms with Crippen molar-refractivity contribution < 1.29 is 14.3 Å². The van der Waals surface area contributed by atoms with E-state index in [2.05, 4.69) is 6.07 Å². The smallest absolute Gasteiger partial charge is 0.209 e. The molecule has 3 aromatic rings. The standard InChI is InChI=1S/C17H14N2O3/c1-17(2)12-11-10(7-18)15(19)21-13(11)8-5-3-4-6-9(8)14(12)22-16(17)20/h3-6,16,20H,19H2,1-2H3/t16-/m0/s1. The number of nitriles is 1.